The van der Waals surface area contributed by atoms with E-state index in [1.165, 1.54) is 68.4 Å². The van der Waals surface area contributed by atoms with Gasteiger partial charge in [0.1, 0.15) is 11.4 Å². The molecule has 0 bridgehead atoms. The summed E-state index contributed by atoms with van der Waals surface area (Å²) >= 11 is 0. The van der Waals surface area contributed by atoms with Crippen molar-refractivity contribution >= 4 is 47.1 Å². The van der Waals surface area contributed by atoms with Gasteiger partial charge in [0, 0.05) is 17.8 Å². The molecule has 2 aromatic carbocycles. The van der Waals surface area contributed by atoms with Crippen molar-refractivity contribution in [2.75, 3.05) is 11.4 Å². The van der Waals surface area contributed by atoms with Crippen LogP contribution in [0.25, 0.3) is 0 Å². The molecule has 14 nitrogen and oxygen atoms in total. The van der Waals surface area contributed by atoms with Crippen LogP contribution >= 0.6 is 0 Å². The number of urea groups is 1. The first-order chi connectivity index (χ1) is 19.2. The maximum absolute atomic E-state index is 14.3. The smallest absolute Gasteiger partial charge is 0.360 e. The zero-order valence-corrected chi connectivity index (χ0v) is 22.5. The van der Waals surface area contributed by atoms with Gasteiger partial charge in [-0.1, -0.05) is 42.5 Å². The Morgan fingerprint density at radius 1 is 1.05 bits per heavy atom. The number of likely N-dealkylation sites (N-methyl/N-ethyl adjacent to an activating group) is 1. The van der Waals surface area contributed by atoms with E-state index in [-0.39, 0.29) is 28.5 Å². The minimum absolute atomic E-state index is 0.114. The number of aliphatic carboxylic acids is 2. The molecule has 2 aromatic rings. The van der Waals surface area contributed by atoms with Gasteiger partial charge in [0.25, 0.3) is 11.6 Å². The quantitative estimate of drug-likeness (QED) is 0.110. The molecule has 0 saturated carbocycles. The highest BCUT2D eigenvalue weighted by Gasteiger charge is 2.69. The summed E-state index contributed by atoms with van der Waals surface area (Å²) in [5.74, 6) is -7.52. The van der Waals surface area contributed by atoms with Crippen LogP contribution in [0.2, 0.25) is 0 Å². The van der Waals surface area contributed by atoms with Crippen LogP contribution in [0.1, 0.15) is 38.3 Å². The molecule has 216 valence electrons. The molecular weight excluding hydrogens is 536 g/mol. The number of hydrogen-bond donors (Lipinski definition) is 5. The van der Waals surface area contributed by atoms with E-state index in [0.717, 1.165) is 11.8 Å². The predicted octanol–water partition coefficient (Wildman–Crippen LogP) is 0.675. The highest BCUT2D eigenvalue weighted by atomic mass is 16.4. The van der Waals surface area contributed by atoms with E-state index in [0.29, 0.717) is 10.5 Å². The van der Waals surface area contributed by atoms with Gasteiger partial charge < -0.3 is 26.6 Å². The zero-order chi connectivity index (χ0) is 30.9. The number of carboxylic acids is 2. The van der Waals surface area contributed by atoms with Crippen LogP contribution in [-0.2, 0) is 29.5 Å². The van der Waals surface area contributed by atoms with Gasteiger partial charge in [-0.05, 0) is 38.5 Å². The van der Waals surface area contributed by atoms with Gasteiger partial charge >= 0.3 is 18.0 Å². The molecule has 4 amide bonds. The topological polar surface area (TPSA) is 228 Å². The van der Waals surface area contributed by atoms with Crippen molar-refractivity contribution in [3.63, 3.8) is 0 Å². The highest BCUT2D eigenvalue weighted by Crippen LogP contribution is 2.43. The van der Waals surface area contributed by atoms with Crippen molar-refractivity contribution in [2.24, 2.45) is 11.5 Å². The summed E-state index contributed by atoms with van der Waals surface area (Å²) in [6.07, 6.45) is -0.932. The lowest BCUT2D eigenvalue weighted by atomic mass is 9.88. The SMILES string of the molecule is CCN1C(=O)N([C@@](C(C)=O)(C(=O)O)N(C(=O)[C@@H](N)CC(=O)O)c2ccccc2)C(=O)[C@@]1(C)c1ccc(C(=N)N)cc1. The number of rotatable bonds is 11. The number of benzene rings is 2. The Labute approximate surface area is 234 Å². The fourth-order valence-electron chi connectivity index (χ4n) is 4.97. The average Bonchev–Trinajstić information content (AvgIpc) is 3.11. The molecule has 41 heavy (non-hydrogen) atoms. The van der Waals surface area contributed by atoms with Crippen LogP contribution in [0.15, 0.2) is 54.6 Å². The third-order valence-corrected chi connectivity index (χ3v) is 7.04. The number of nitrogens with one attached hydrogen (secondary N) is 1. The number of amidine groups is 1. The average molecular weight is 567 g/mol. The molecule has 3 rings (SSSR count). The molecule has 0 spiro atoms. The Kier molecular flexibility index (Phi) is 8.29. The number of carbonyl (C=O) groups is 6. The molecule has 0 aromatic heterocycles. The molecular formula is C27H30N6O8. The van der Waals surface area contributed by atoms with Crippen molar-refractivity contribution in [3.05, 3.63) is 65.7 Å². The van der Waals surface area contributed by atoms with Crippen LogP contribution in [0.5, 0.6) is 0 Å². The van der Waals surface area contributed by atoms with Crippen LogP contribution in [0.3, 0.4) is 0 Å². The summed E-state index contributed by atoms with van der Waals surface area (Å²) in [6, 6.07) is 9.61. The maximum Gasteiger partial charge on any atom is 0.360 e. The molecule has 0 unspecified atom stereocenters. The van der Waals surface area contributed by atoms with Crippen molar-refractivity contribution in [3.8, 4) is 0 Å². The lowest BCUT2D eigenvalue weighted by Crippen LogP contribution is -2.74. The number of Topliss-reactive ketones (excluding diaryl/α,β-unsaturated/α-hetero) is 1. The van der Waals surface area contributed by atoms with Gasteiger partial charge in [-0.25, -0.2) is 14.5 Å². The summed E-state index contributed by atoms with van der Waals surface area (Å²) in [5.41, 5.74) is 6.56. The Morgan fingerprint density at radius 3 is 2.05 bits per heavy atom. The number of nitrogens with zero attached hydrogens (tertiary/aromatic N) is 3. The van der Waals surface area contributed by atoms with E-state index in [1.54, 1.807) is 0 Å². The fraction of sp³-hybridized carbons (Fsp3) is 0.296. The number of ketones is 1. The minimum Gasteiger partial charge on any atom is -0.481 e. The Balaban J connectivity index is 2.36. The van der Waals surface area contributed by atoms with Gasteiger partial charge in [-0.2, -0.15) is 0 Å². The Morgan fingerprint density at radius 2 is 1.61 bits per heavy atom. The first kappa shape index (κ1) is 30.4. The zero-order valence-electron chi connectivity index (χ0n) is 22.5. The van der Waals surface area contributed by atoms with E-state index < -0.39 is 59.2 Å². The van der Waals surface area contributed by atoms with Crippen molar-refractivity contribution < 1.29 is 39.0 Å². The van der Waals surface area contributed by atoms with Gasteiger partial charge in [0.2, 0.25) is 5.91 Å². The van der Waals surface area contributed by atoms with E-state index in [1.807, 2.05) is 0 Å². The molecule has 1 aliphatic rings. The van der Waals surface area contributed by atoms with Gasteiger partial charge in [-0.3, -0.25) is 29.5 Å². The number of nitrogens with two attached hydrogens (primary N) is 2. The van der Waals surface area contributed by atoms with Crippen LogP contribution in [-0.4, -0.2) is 79.7 Å². The monoisotopic (exact) mass is 566 g/mol. The number of nitrogen functional groups attached to an aromatic ring is 1. The third-order valence-electron chi connectivity index (χ3n) is 7.04. The van der Waals surface area contributed by atoms with Crippen molar-refractivity contribution in [1.29, 1.82) is 5.41 Å². The molecule has 0 radical (unpaired) electrons. The molecule has 1 heterocycles. The van der Waals surface area contributed by atoms with E-state index in [9.17, 15) is 39.0 Å². The molecule has 1 fully saturated rings. The van der Waals surface area contributed by atoms with E-state index in [4.69, 9.17) is 16.9 Å². The number of carboxylic acid groups (broad SMARTS) is 2. The fourth-order valence-corrected chi connectivity index (χ4v) is 4.97. The molecule has 0 aliphatic carbocycles. The lowest BCUT2D eigenvalue weighted by Gasteiger charge is -2.43. The number of hydrogen-bond acceptors (Lipinski definition) is 8. The van der Waals surface area contributed by atoms with E-state index in [2.05, 4.69) is 0 Å². The van der Waals surface area contributed by atoms with E-state index >= 15 is 0 Å². The first-order valence-corrected chi connectivity index (χ1v) is 12.4. The summed E-state index contributed by atoms with van der Waals surface area (Å²) < 4.78 is 0. The molecule has 1 aliphatic heterocycles. The van der Waals surface area contributed by atoms with Gasteiger partial charge in [0.15, 0.2) is 5.78 Å². The number of imide groups is 1. The van der Waals surface area contributed by atoms with Crippen molar-refractivity contribution in [2.45, 2.75) is 44.4 Å². The van der Waals surface area contributed by atoms with Crippen LogP contribution in [0, 0.1) is 5.41 Å². The molecule has 1 saturated heterocycles. The molecule has 3 atom stereocenters. The van der Waals surface area contributed by atoms with Crippen LogP contribution in [0.4, 0.5) is 10.5 Å². The minimum atomic E-state index is -3.28. The summed E-state index contributed by atoms with van der Waals surface area (Å²) in [5, 5.41) is 27.5. The Hall–Kier alpha value is -5.11. The molecule has 14 heteroatoms. The van der Waals surface area contributed by atoms with Gasteiger partial charge in [-0.15, -0.1) is 0 Å². The second-order valence-electron chi connectivity index (χ2n) is 9.48. The van der Waals surface area contributed by atoms with Crippen LogP contribution < -0.4 is 16.4 Å². The highest BCUT2D eigenvalue weighted by molar-refractivity contribution is 6.24. The lowest BCUT2D eigenvalue weighted by molar-refractivity contribution is -0.162. The molecule has 7 N–H and O–H groups in total. The Bertz CT molecular complexity index is 1410. The number of carbonyl (C=O) groups excluding carboxylic acids is 4. The second kappa shape index (κ2) is 11.2. The number of anilines is 1. The van der Waals surface area contributed by atoms with Gasteiger partial charge in [0.05, 0.1) is 12.5 Å². The third kappa shape index (κ3) is 4.78. The standard InChI is InChI=1S/C27H30N6O8/c1-4-31-25(41)33(23(38)26(31,3)17-12-10-16(11-13-17)21(29)30)27(15(2)34,24(39)40)32(18-8-6-5-7-9-18)22(37)19(28)14-20(35)36/h5-13,19H,4,14,28H2,1-3H3,(H3,29,30)(H,35,36)(H,39,40)/t19-,26+,27-/m0/s1. The summed E-state index contributed by atoms with van der Waals surface area (Å²) in [4.78, 5) is 81.7. The second-order valence-corrected chi connectivity index (χ2v) is 9.48. The first-order valence-electron chi connectivity index (χ1n) is 12.4. The summed E-state index contributed by atoms with van der Waals surface area (Å²) in [6.45, 7) is 3.58. The number of para-hydroxylation sites is 1. The van der Waals surface area contributed by atoms with Crippen molar-refractivity contribution in [1.82, 2.24) is 9.80 Å². The normalized spacial score (nSPS) is 18.9. The maximum atomic E-state index is 14.3. The summed E-state index contributed by atoms with van der Waals surface area (Å²) in [7, 11) is 0. The number of amides is 4. The largest absolute Gasteiger partial charge is 0.481 e. The predicted molar refractivity (Wildman–Crippen MR) is 145 cm³/mol.